The predicted molar refractivity (Wildman–Crippen MR) is 74.5 cm³/mol. The molecule has 20 heavy (non-hydrogen) atoms. The molecule has 2 unspecified atom stereocenters. The van der Waals surface area contributed by atoms with Gasteiger partial charge < -0.3 is 15.6 Å². The second-order valence-corrected chi connectivity index (χ2v) is 6.86. The molecule has 0 spiro atoms. The molecule has 1 aliphatic rings. The zero-order chi connectivity index (χ0) is 14.8. The lowest BCUT2D eigenvalue weighted by Crippen LogP contribution is -2.50. The second-order valence-electron chi connectivity index (χ2n) is 4.92. The van der Waals surface area contributed by atoms with Crippen LogP contribution < -0.4 is 5.73 Å². The minimum absolute atomic E-state index is 0.163. The SMILES string of the molecule is CC1CN(S(=O)(=O)c2cccc(CN)c2)CC(CO)O1. The number of nitrogens with zero attached hydrogens (tertiary/aromatic N) is 1. The van der Waals surface area contributed by atoms with E-state index < -0.39 is 16.1 Å². The molecule has 1 heterocycles. The van der Waals surface area contributed by atoms with Gasteiger partial charge in [-0.1, -0.05) is 12.1 Å². The number of hydrogen-bond acceptors (Lipinski definition) is 5. The van der Waals surface area contributed by atoms with Gasteiger partial charge in [-0.25, -0.2) is 8.42 Å². The molecular formula is C13H20N2O4S. The van der Waals surface area contributed by atoms with E-state index in [0.29, 0.717) is 6.54 Å². The van der Waals surface area contributed by atoms with Crippen LogP contribution in [0.1, 0.15) is 12.5 Å². The van der Waals surface area contributed by atoms with Gasteiger partial charge in [-0.2, -0.15) is 4.31 Å². The van der Waals surface area contributed by atoms with Crippen molar-refractivity contribution in [1.29, 1.82) is 0 Å². The molecule has 0 bridgehead atoms. The summed E-state index contributed by atoms with van der Waals surface area (Å²) in [6.07, 6.45) is -0.723. The zero-order valence-electron chi connectivity index (χ0n) is 11.4. The van der Waals surface area contributed by atoms with E-state index in [-0.39, 0.29) is 30.7 Å². The molecule has 1 saturated heterocycles. The van der Waals surface area contributed by atoms with Crippen LogP contribution in [0.25, 0.3) is 0 Å². The molecule has 0 saturated carbocycles. The molecule has 7 heteroatoms. The Bertz CT molecular complexity index is 561. The number of ether oxygens (including phenoxy) is 1. The Hall–Kier alpha value is -0.990. The molecule has 0 aromatic heterocycles. The number of nitrogens with two attached hydrogens (primary N) is 1. The Balaban J connectivity index is 2.29. The fraction of sp³-hybridized carbons (Fsp3) is 0.538. The standard InChI is InChI=1S/C13H20N2O4S/c1-10-7-15(8-12(9-16)19-10)20(17,18)13-4-2-3-11(5-13)6-14/h2-5,10,12,16H,6-9,14H2,1H3. The van der Waals surface area contributed by atoms with Crippen molar-refractivity contribution in [1.82, 2.24) is 4.31 Å². The topological polar surface area (TPSA) is 92.9 Å². The van der Waals surface area contributed by atoms with E-state index in [4.69, 9.17) is 10.5 Å². The summed E-state index contributed by atoms with van der Waals surface area (Å²) in [4.78, 5) is 0.228. The molecule has 112 valence electrons. The maximum absolute atomic E-state index is 12.6. The highest BCUT2D eigenvalue weighted by molar-refractivity contribution is 7.89. The van der Waals surface area contributed by atoms with Crippen LogP contribution in [0.2, 0.25) is 0 Å². The summed E-state index contributed by atoms with van der Waals surface area (Å²) in [5, 5.41) is 9.18. The van der Waals surface area contributed by atoms with Gasteiger partial charge >= 0.3 is 0 Å². The highest BCUT2D eigenvalue weighted by atomic mass is 32.2. The number of morpholine rings is 1. The normalized spacial score (nSPS) is 24.8. The number of aliphatic hydroxyl groups is 1. The van der Waals surface area contributed by atoms with Crippen molar-refractivity contribution < 1.29 is 18.3 Å². The van der Waals surface area contributed by atoms with Crippen LogP contribution in [0.15, 0.2) is 29.2 Å². The third-order valence-corrected chi connectivity index (χ3v) is 5.10. The van der Waals surface area contributed by atoms with E-state index in [1.807, 2.05) is 0 Å². The Morgan fingerprint density at radius 3 is 2.85 bits per heavy atom. The molecule has 3 N–H and O–H groups in total. The van der Waals surface area contributed by atoms with Gasteiger partial charge in [0, 0.05) is 19.6 Å². The lowest BCUT2D eigenvalue weighted by atomic mass is 10.2. The van der Waals surface area contributed by atoms with E-state index in [9.17, 15) is 13.5 Å². The average molecular weight is 300 g/mol. The van der Waals surface area contributed by atoms with Crippen molar-refractivity contribution >= 4 is 10.0 Å². The highest BCUT2D eigenvalue weighted by Gasteiger charge is 2.33. The molecule has 6 nitrogen and oxygen atoms in total. The third-order valence-electron chi connectivity index (χ3n) is 3.27. The lowest BCUT2D eigenvalue weighted by molar-refractivity contribution is -0.0750. The van der Waals surface area contributed by atoms with Gasteiger partial charge in [-0.15, -0.1) is 0 Å². The van der Waals surface area contributed by atoms with Crippen LogP contribution >= 0.6 is 0 Å². The summed E-state index contributed by atoms with van der Waals surface area (Å²) in [6, 6.07) is 6.62. The smallest absolute Gasteiger partial charge is 0.243 e. The Morgan fingerprint density at radius 2 is 2.20 bits per heavy atom. The van der Waals surface area contributed by atoms with E-state index in [1.54, 1.807) is 31.2 Å². The molecule has 0 aliphatic carbocycles. The molecule has 2 atom stereocenters. The van der Waals surface area contributed by atoms with Gasteiger partial charge in [0.25, 0.3) is 0 Å². The monoisotopic (exact) mass is 300 g/mol. The summed E-state index contributed by atoms with van der Waals surface area (Å²) in [6.45, 7) is 2.34. The molecule has 1 fully saturated rings. The third kappa shape index (κ3) is 3.18. The maximum Gasteiger partial charge on any atom is 0.243 e. The quantitative estimate of drug-likeness (QED) is 0.811. The van der Waals surface area contributed by atoms with Crippen molar-refractivity contribution in [3.63, 3.8) is 0 Å². The number of sulfonamides is 1. The Kier molecular flexibility index (Phi) is 4.77. The average Bonchev–Trinajstić information content (AvgIpc) is 2.46. The van der Waals surface area contributed by atoms with Gasteiger partial charge in [0.15, 0.2) is 0 Å². The van der Waals surface area contributed by atoms with Crippen LogP contribution in [-0.2, 0) is 21.3 Å². The van der Waals surface area contributed by atoms with Crippen LogP contribution in [-0.4, -0.2) is 49.7 Å². The van der Waals surface area contributed by atoms with Gasteiger partial charge in [-0.05, 0) is 24.6 Å². The first-order chi connectivity index (χ1) is 9.47. The molecular weight excluding hydrogens is 280 g/mol. The molecule has 0 radical (unpaired) electrons. The number of aliphatic hydroxyl groups excluding tert-OH is 1. The van der Waals surface area contributed by atoms with E-state index in [1.165, 1.54) is 4.31 Å². The maximum atomic E-state index is 12.6. The van der Waals surface area contributed by atoms with Gasteiger partial charge in [0.2, 0.25) is 10.0 Å². The summed E-state index contributed by atoms with van der Waals surface area (Å²) >= 11 is 0. The van der Waals surface area contributed by atoms with Gasteiger partial charge in [-0.3, -0.25) is 0 Å². The zero-order valence-corrected chi connectivity index (χ0v) is 12.2. The summed E-state index contributed by atoms with van der Waals surface area (Å²) in [5.74, 6) is 0. The van der Waals surface area contributed by atoms with E-state index in [0.717, 1.165) is 5.56 Å². The summed E-state index contributed by atoms with van der Waals surface area (Å²) in [5.41, 5.74) is 6.31. The molecule has 1 aromatic rings. The largest absolute Gasteiger partial charge is 0.394 e. The van der Waals surface area contributed by atoms with E-state index >= 15 is 0 Å². The van der Waals surface area contributed by atoms with Crippen LogP contribution in [0.3, 0.4) is 0 Å². The second kappa shape index (κ2) is 6.19. The van der Waals surface area contributed by atoms with Crippen LogP contribution in [0.5, 0.6) is 0 Å². The Morgan fingerprint density at radius 1 is 1.45 bits per heavy atom. The predicted octanol–water partition coefficient (Wildman–Crippen LogP) is -0.0844. The Labute approximate surface area is 119 Å². The number of rotatable bonds is 4. The molecule has 1 aromatic carbocycles. The minimum atomic E-state index is -3.58. The van der Waals surface area contributed by atoms with Crippen molar-refractivity contribution in [3.8, 4) is 0 Å². The highest BCUT2D eigenvalue weighted by Crippen LogP contribution is 2.21. The number of benzene rings is 1. The van der Waals surface area contributed by atoms with Gasteiger partial charge in [0.1, 0.15) is 0 Å². The summed E-state index contributed by atoms with van der Waals surface area (Å²) in [7, 11) is -3.58. The van der Waals surface area contributed by atoms with Crippen LogP contribution in [0, 0.1) is 0 Å². The van der Waals surface area contributed by atoms with Crippen molar-refractivity contribution in [3.05, 3.63) is 29.8 Å². The molecule has 0 amide bonds. The summed E-state index contributed by atoms with van der Waals surface area (Å²) < 4.78 is 32.0. The first-order valence-corrected chi connectivity index (χ1v) is 7.97. The fourth-order valence-corrected chi connectivity index (χ4v) is 3.90. The van der Waals surface area contributed by atoms with E-state index in [2.05, 4.69) is 0 Å². The lowest BCUT2D eigenvalue weighted by Gasteiger charge is -2.35. The first-order valence-electron chi connectivity index (χ1n) is 6.53. The minimum Gasteiger partial charge on any atom is -0.394 e. The first kappa shape index (κ1) is 15.4. The number of hydrogen-bond donors (Lipinski definition) is 2. The van der Waals surface area contributed by atoms with Crippen molar-refractivity contribution in [2.45, 2.75) is 30.6 Å². The van der Waals surface area contributed by atoms with Crippen LogP contribution in [0.4, 0.5) is 0 Å². The van der Waals surface area contributed by atoms with Crippen molar-refractivity contribution in [2.24, 2.45) is 5.73 Å². The molecule has 1 aliphatic heterocycles. The van der Waals surface area contributed by atoms with Crippen molar-refractivity contribution in [2.75, 3.05) is 19.7 Å². The van der Waals surface area contributed by atoms with Gasteiger partial charge in [0.05, 0.1) is 23.7 Å². The fourth-order valence-electron chi connectivity index (χ4n) is 2.28. The molecule has 2 rings (SSSR count).